The van der Waals surface area contributed by atoms with Gasteiger partial charge in [0.1, 0.15) is 12.4 Å². The molecule has 10 heteroatoms. The highest BCUT2D eigenvalue weighted by Gasteiger charge is 2.22. The second-order valence-corrected chi connectivity index (χ2v) is 9.67. The molecule has 0 unspecified atom stereocenters. The number of nitrogens with zero attached hydrogens (tertiary/aromatic N) is 1. The summed E-state index contributed by atoms with van der Waals surface area (Å²) in [6.45, 7) is 1.95. The summed E-state index contributed by atoms with van der Waals surface area (Å²) in [4.78, 5) is 24.3. The third-order valence-electron chi connectivity index (χ3n) is 4.83. The van der Waals surface area contributed by atoms with Crippen molar-refractivity contribution in [3.63, 3.8) is 0 Å². The summed E-state index contributed by atoms with van der Waals surface area (Å²) in [7, 11) is -3.29. The van der Waals surface area contributed by atoms with Gasteiger partial charge in [-0.25, -0.2) is 22.0 Å². The fourth-order valence-electron chi connectivity index (χ4n) is 3.24. The van der Waals surface area contributed by atoms with Crippen molar-refractivity contribution in [2.45, 2.75) is 45.0 Å². The van der Waals surface area contributed by atoms with Crippen molar-refractivity contribution < 1.29 is 31.5 Å². The molecule has 0 aromatic heterocycles. The van der Waals surface area contributed by atoms with Crippen LogP contribution in [0.2, 0.25) is 0 Å². The minimum atomic E-state index is -3.29. The highest BCUT2D eigenvalue weighted by Crippen LogP contribution is 2.23. The van der Waals surface area contributed by atoms with E-state index >= 15 is 0 Å². The Morgan fingerprint density at radius 2 is 1.97 bits per heavy atom. The van der Waals surface area contributed by atoms with Crippen LogP contribution in [0.15, 0.2) is 24.3 Å². The van der Waals surface area contributed by atoms with Gasteiger partial charge in [-0.1, -0.05) is 25.5 Å². The molecule has 168 valence electrons. The maximum atomic E-state index is 12.4. The lowest BCUT2D eigenvalue weighted by molar-refractivity contribution is -0.121. The van der Waals surface area contributed by atoms with Gasteiger partial charge >= 0.3 is 6.03 Å². The first-order valence-corrected chi connectivity index (χ1v) is 11.8. The van der Waals surface area contributed by atoms with E-state index in [4.69, 9.17) is 4.74 Å². The molecular weight excluding hydrogens is 418 g/mol. The molecule has 30 heavy (non-hydrogen) atoms. The molecule has 1 aliphatic rings. The first kappa shape index (κ1) is 24.0. The number of halogens is 2. The number of rotatable bonds is 12. The molecule has 1 atom stereocenters. The van der Waals surface area contributed by atoms with Gasteiger partial charge < -0.3 is 9.64 Å². The van der Waals surface area contributed by atoms with E-state index in [2.05, 4.69) is 5.32 Å². The van der Waals surface area contributed by atoms with Crippen molar-refractivity contribution in [3.8, 4) is 5.75 Å². The zero-order chi connectivity index (χ0) is 22.1. The van der Waals surface area contributed by atoms with Gasteiger partial charge in [-0.3, -0.25) is 10.1 Å². The number of imide groups is 1. The molecule has 1 aromatic carbocycles. The Bertz CT molecular complexity index is 832. The zero-order valence-corrected chi connectivity index (χ0v) is 17.8. The van der Waals surface area contributed by atoms with Crippen molar-refractivity contribution in [1.29, 1.82) is 0 Å². The number of nitrogens with one attached hydrogen (secondary N) is 1. The van der Waals surface area contributed by atoms with E-state index in [1.165, 1.54) is 0 Å². The monoisotopic (exact) mass is 446 g/mol. The molecule has 1 aromatic rings. The van der Waals surface area contributed by atoms with Crippen molar-refractivity contribution in [1.82, 2.24) is 10.2 Å². The second kappa shape index (κ2) is 11.2. The average Bonchev–Trinajstić information content (AvgIpc) is 2.67. The molecule has 0 saturated carbocycles. The number of urea groups is 1. The van der Waals surface area contributed by atoms with E-state index in [-0.39, 0.29) is 29.8 Å². The molecule has 1 fully saturated rings. The lowest BCUT2D eigenvalue weighted by Crippen LogP contribution is -2.49. The molecule has 1 heterocycles. The molecule has 0 spiro atoms. The van der Waals surface area contributed by atoms with Crippen LogP contribution in [-0.4, -0.2) is 62.9 Å². The summed E-state index contributed by atoms with van der Waals surface area (Å²) in [5, 5.41) is 2.26. The SMILES string of the molecule is C[C@@H](CS(=O)(=O)CCCCCN1CCC(=O)NC1=O)c1cccc(OCC(F)F)c1. The minimum Gasteiger partial charge on any atom is -0.488 e. The number of hydrogen-bond acceptors (Lipinski definition) is 5. The van der Waals surface area contributed by atoms with E-state index in [0.717, 1.165) is 5.56 Å². The van der Waals surface area contributed by atoms with Crippen LogP contribution in [0.25, 0.3) is 0 Å². The lowest BCUT2D eigenvalue weighted by Gasteiger charge is -2.26. The molecule has 3 amide bonds. The quantitative estimate of drug-likeness (QED) is 0.499. The van der Waals surface area contributed by atoms with E-state index in [0.29, 0.717) is 38.1 Å². The van der Waals surface area contributed by atoms with Gasteiger partial charge in [-0.15, -0.1) is 0 Å². The van der Waals surface area contributed by atoms with E-state index in [1.54, 1.807) is 36.1 Å². The van der Waals surface area contributed by atoms with Gasteiger partial charge in [0.25, 0.3) is 6.43 Å². The fourth-order valence-corrected chi connectivity index (χ4v) is 5.01. The fraction of sp³-hybridized carbons (Fsp3) is 0.600. The first-order chi connectivity index (χ1) is 14.2. The Kier molecular flexibility index (Phi) is 9.01. The van der Waals surface area contributed by atoms with Gasteiger partial charge in [0.05, 0.1) is 11.5 Å². The Hall–Kier alpha value is -2.23. The Labute approximate surface area is 175 Å². The molecule has 1 aliphatic heterocycles. The van der Waals surface area contributed by atoms with Crippen molar-refractivity contribution >= 4 is 21.8 Å². The maximum Gasteiger partial charge on any atom is 0.324 e. The van der Waals surface area contributed by atoms with Crippen LogP contribution in [0, 0.1) is 0 Å². The lowest BCUT2D eigenvalue weighted by atomic mass is 10.0. The van der Waals surface area contributed by atoms with Crippen LogP contribution < -0.4 is 10.1 Å². The molecule has 0 aliphatic carbocycles. The van der Waals surface area contributed by atoms with Crippen molar-refractivity contribution in [3.05, 3.63) is 29.8 Å². The first-order valence-electron chi connectivity index (χ1n) is 9.96. The standard InChI is InChI=1S/C20H28F2N2O5S/c1-15(16-6-5-7-17(12-16)29-13-18(21)22)14-30(27,28)11-4-2-3-9-24-10-8-19(25)23-20(24)26/h5-7,12,15,18H,2-4,8-11,13-14H2,1H3,(H,23,25,26)/t15-/m0/s1. The summed E-state index contributed by atoms with van der Waals surface area (Å²) in [6.07, 6.45) is -0.482. The summed E-state index contributed by atoms with van der Waals surface area (Å²) < 4.78 is 54.4. The van der Waals surface area contributed by atoms with Gasteiger partial charge in [-0.05, 0) is 36.5 Å². The maximum absolute atomic E-state index is 12.4. The molecule has 7 nitrogen and oxygen atoms in total. The number of hydrogen-bond donors (Lipinski definition) is 1. The van der Waals surface area contributed by atoms with Gasteiger partial charge in [0.15, 0.2) is 9.84 Å². The topological polar surface area (TPSA) is 92.8 Å². The molecule has 2 rings (SSSR count). The average molecular weight is 447 g/mol. The third kappa shape index (κ3) is 8.25. The number of ether oxygens (including phenoxy) is 1. The number of carbonyl (C=O) groups is 2. The van der Waals surface area contributed by atoms with Gasteiger partial charge in [0, 0.05) is 19.5 Å². The normalized spacial score (nSPS) is 15.9. The highest BCUT2D eigenvalue weighted by atomic mass is 32.2. The van der Waals surface area contributed by atoms with Crippen LogP contribution in [-0.2, 0) is 14.6 Å². The van der Waals surface area contributed by atoms with Gasteiger partial charge in [-0.2, -0.15) is 0 Å². The van der Waals surface area contributed by atoms with E-state index < -0.39 is 28.9 Å². The summed E-state index contributed by atoms with van der Waals surface area (Å²) in [5.74, 6) is -0.270. The van der Waals surface area contributed by atoms with Crippen molar-refractivity contribution in [2.24, 2.45) is 0 Å². The molecule has 0 bridgehead atoms. The minimum absolute atomic E-state index is 0.0397. The van der Waals surface area contributed by atoms with Crippen LogP contribution >= 0.6 is 0 Å². The summed E-state index contributed by atoms with van der Waals surface area (Å²) >= 11 is 0. The molecule has 1 N–H and O–H groups in total. The number of sulfone groups is 1. The predicted molar refractivity (Wildman–Crippen MR) is 109 cm³/mol. The largest absolute Gasteiger partial charge is 0.488 e. The smallest absolute Gasteiger partial charge is 0.324 e. The Morgan fingerprint density at radius 1 is 1.20 bits per heavy atom. The Balaban J connectivity index is 1.73. The summed E-state index contributed by atoms with van der Waals surface area (Å²) in [6, 6.07) is 6.17. The van der Waals surface area contributed by atoms with E-state index in [1.807, 2.05) is 0 Å². The zero-order valence-electron chi connectivity index (χ0n) is 17.0. The van der Waals surface area contributed by atoms with Crippen LogP contribution in [0.1, 0.15) is 44.1 Å². The Morgan fingerprint density at radius 3 is 2.67 bits per heavy atom. The van der Waals surface area contributed by atoms with Crippen molar-refractivity contribution in [2.75, 3.05) is 31.2 Å². The molecule has 0 radical (unpaired) electrons. The van der Waals surface area contributed by atoms with Crippen LogP contribution in [0.5, 0.6) is 5.75 Å². The summed E-state index contributed by atoms with van der Waals surface area (Å²) in [5.41, 5.74) is 0.719. The number of amides is 3. The predicted octanol–water partition coefficient (Wildman–Crippen LogP) is 2.96. The molecule has 1 saturated heterocycles. The number of carbonyl (C=O) groups excluding carboxylic acids is 2. The number of unbranched alkanes of at least 4 members (excludes halogenated alkanes) is 2. The van der Waals surface area contributed by atoms with Crippen LogP contribution in [0.3, 0.4) is 0 Å². The second-order valence-electron chi connectivity index (χ2n) is 7.44. The third-order valence-corrected chi connectivity index (χ3v) is 6.75. The number of alkyl halides is 2. The number of benzene rings is 1. The van der Waals surface area contributed by atoms with E-state index in [9.17, 15) is 26.8 Å². The molecular formula is C20H28F2N2O5S. The highest BCUT2D eigenvalue weighted by molar-refractivity contribution is 7.91. The van der Waals surface area contributed by atoms with Gasteiger partial charge in [0.2, 0.25) is 5.91 Å². The van der Waals surface area contributed by atoms with Crippen LogP contribution in [0.4, 0.5) is 13.6 Å².